The third kappa shape index (κ3) is 3.47. The van der Waals surface area contributed by atoms with E-state index in [-0.39, 0.29) is 0 Å². The van der Waals surface area contributed by atoms with Crippen molar-refractivity contribution >= 4 is 22.6 Å². The molecule has 1 aromatic heterocycles. The lowest BCUT2D eigenvalue weighted by molar-refractivity contribution is 0.380. The Morgan fingerprint density at radius 3 is 2.79 bits per heavy atom. The first-order chi connectivity index (χ1) is 9.11. The van der Waals surface area contributed by atoms with E-state index >= 15 is 0 Å². The van der Waals surface area contributed by atoms with Gasteiger partial charge in [0.1, 0.15) is 5.82 Å². The SMILES string of the molecule is CN(C)Cc1nc2cc(Cl)ccc2n1CCCCN. The molecule has 2 rings (SSSR count). The molecule has 1 aromatic carbocycles. The van der Waals surface area contributed by atoms with Crippen LogP contribution in [0.3, 0.4) is 0 Å². The van der Waals surface area contributed by atoms with E-state index in [1.807, 2.05) is 18.2 Å². The van der Waals surface area contributed by atoms with E-state index in [9.17, 15) is 0 Å². The molecular formula is C14H21ClN4. The molecule has 0 radical (unpaired) electrons. The fourth-order valence-electron chi connectivity index (χ4n) is 2.22. The first kappa shape index (κ1) is 14.3. The summed E-state index contributed by atoms with van der Waals surface area (Å²) in [5, 5.41) is 0.732. The lowest BCUT2D eigenvalue weighted by Gasteiger charge is -2.12. The highest BCUT2D eigenvalue weighted by atomic mass is 35.5. The van der Waals surface area contributed by atoms with Crippen LogP contribution < -0.4 is 5.73 Å². The van der Waals surface area contributed by atoms with E-state index in [0.29, 0.717) is 0 Å². The van der Waals surface area contributed by atoms with E-state index in [0.717, 1.165) is 54.4 Å². The predicted octanol–water partition coefficient (Wildman–Crippen LogP) is 2.49. The third-order valence-corrected chi connectivity index (χ3v) is 3.32. The van der Waals surface area contributed by atoms with Gasteiger partial charge in [-0.15, -0.1) is 0 Å². The summed E-state index contributed by atoms with van der Waals surface area (Å²) in [5.74, 6) is 1.08. The second-order valence-electron chi connectivity index (χ2n) is 5.05. The summed E-state index contributed by atoms with van der Waals surface area (Å²) in [5.41, 5.74) is 7.69. The third-order valence-electron chi connectivity index (χ3n) is 3.08. The molecule has 0 saturated heterocycles. The maximum atomic E-state index is 6.04. The zero-order chi connectivity index (χ0) is 13.8. The molecule has 104 valence electrons. The summed E-state index contributed by atoms with van der Waals surface area (Å²) in [7, 11) is 4.10. The Balaban J connectivity index is 2.36. The molecule has 1 heterocycles. The Hall–Kier alpha value is -1.10. The first-order valence-electron chi connectivity index (χ1n) is 6.61. The van der Waals surface area contributed by atoms with Gasteiger partial charge in [-0.05, 0) is 51.7 Å². The van der Waals surface area contributed by atoms with Gasteiger partial charge in [0.05, 0.1) is 17.6 Å². The van der Waals surface area contributed by atoms with Gasteiger partial charge in [0.15, 0.2) is 0 Å². The average molecular weight is 281 g/mol. The summed E-state index contributed by atoms with van der Waals surface area (Å²) in [4.78, 5) is 6.83. The summed E-state index contributed by atoms with van der Waals surface area (Å²) in [6, 6.07) is 5.90. The summed E-state index contributed by atoms with van der Waals surface area (Å²) in [6.07, 6.45) is 2.11. The average Bonchev–Trinajstić information content (AvgIpc) is 2.66. The number of aryl methyl sites for hydroxylation is 1. The fourth-order valence-corrected chi connectivity index (χ4v) is 2.39. The van der Waals surface area contributed by atoms with Crippen molar-refractivity contribution in [2.75, 3.05) is 20.6 Å². The van der Waals surface area contributed by atoms with Gasteiger partial charge in [0.2, 0.25) is 0 Å². The number of fused-ring (bicyclic) bond motifs is 1. The van der Waals surface area contributed by atoms with Crippen LogP contribution in [-0.2, 0) is 13.1 Å². The lowest BCUT2D eigenvalue weighted by Crippen LogP contribution is -2.16. The van der Waals surface area contributed by atoms with E-state index in [2.05, 4.69) is 23.6 Å². The zero-order valence-corrected chi connectivity index (χ0v) is 12.3. The Morgan fingerprint density at radius 1 is 1.32 bits per heavy atom. The molecule has 4 nitrogen and oxygen atoms in total. The van der Waals surface area contributed by atoms with Gasteiger partial charge < -0.3 is 15.2 Å². The number of halogens is 1. The number of nitrogens with two attached hydrogens (primary N) is 1. The monoisotopic (exact) mass is 280 g/mol. The van der Waals surface area contributed by atoms with Crippen molar-refractivity contribution in [3.63, 3.8) is 0 Å². The van der Waals surface area contributed by atoms with E-state index in [1.165, 1.54) is 0 Å². The normalized spacial score (nSPS) is 11.6. The number of nitrogens with zero attached hydrogens (tertiary/aromatic N) is 3. The van der Waals surface area contributed by atoms with Crippen molar-refractivity contribution in [2.45, 2.75) is 25.9 Å². The molecule has 0 saturated carbocycles. The molecule has 0 spiro atoms. The van der Waals surface area contributed by atoms with Crippen molar-refractivity contribution < 1.29 is 0 Å². The van der Waals surface area contributed by atoms with Crippen LogP contribution in [-0.4, -0.2) is 35.1 Å². The zero-order valence-electron chi connectivity index (χ0n) is 11.6. The van der Waals surface area contributed by atoms with Crippen molar-refractivity contribution in [3.05, 3.63) is 29.0 Å². The van der Waals surface area contributed by atoms with Crippen molar-refractivity contribution in [3.8, 4) is 0 Å². The number of rotatable bonds is 6. The minimum absolute atomic E-state index is 0.732. The number of aromatic nitrogens is 2. The Labute approximate surface area is 119 Å². The number of benzene rings is 1. The predicted molar refractivity (Wildman–Crippen MR) is 80.4 cm³/mol. The molecule has 0 amide bonds. The van der Waals surface area contributed by atoms with E-state index in [4.69, 9.17) is 22.3 Å². The van der Waals surface area contributed by atoms with Gasteiger partial charge in [0.25, 0.3) is 0 Å². The van der Waals surface area contributed by atoms with E-state index in [1.54, 1.807) is 0 Å². The van der Waals surface area contributed by atoms with Crippen molar-refractivity contribution in [2.24, 2.45) is 5.73 Å². The van der Waals surface area contributed by atoms with Crippen molar-refractivity contribution in [1.29, 1.82) is 0 Å². The number of unbranched alkanes of at least 4 members (excludes halogenated alkanes) is 1. The molecule has 0 aliphatic heterocycles. The first-order valence-corrected chi connectivity index (χ1v) is 6.99. The molecule has 0 unspecified atom stereocenters. The fraction of sp³-hybridized carbons (Fsp3) is 0.500. The largest absolute Gasteiger partial charge is 0.330 e. The molecule has 0 aliphatic rings. The minimum atomic E-state index is 0.732. The van der Waals surface area contributed by atoms with E-state index < -0.39 is 0 Å². The molecule has 0 fully saturated rings. The highest BCUT2D eigenvalue weighted by Gasteiger charge is 2.11. The van der Waals surface area contributed by atoms with Gasteiger partial charge in [0, 0.05) is 11.6 Å². The Kier molecular flexibility index (Phi) is 4.80. The van der Waals surface area contributed by atoms with Crippen LogP contribution in [0.2, 0.25) is 5.02 Å². The molecule has 0 bridgehead atoms. The number of imidazole rings is 1. The van der Waals surface area contributed by atoms with Crippen LogP contribution >= 0.6 is 11.6 Å². The molecule has 0 atom stereocenters. The molecule has 2 aromatic rings. The summed E-state index contributed by atoms with van der Waals surface area (Å²) >= 11 is 6.04. The van der Waals surface area contributed by atoms with Crippen molar-refractivity contribution in [1.82, 2.24) is 14.5 Å². The Bertz CT molecular complexity index is 548. The quantitative estimate of drug-likeness (QED) is 0.827. The maximum absolute atomic E-state index is 6.04. The highest BCUT2D eigenvalue weighted by Crippen LogP contribution is 2.21. The van der Waals surface area contributed by atoms with Gasteiger partial charge in [-0.1, -0.05) is 11.6 Å². The van der Waals surface area contributed by atoms with Crippen LogP contribution in [0.4, 0.5) is 0 Å². The molecular weight excluding hydrogens is 260 g/mol. The van der Waals surface area contributed by atoms with Crippen LogP contribution in [0, 0.1) is 0 Å². The second kappa shape index (κ2) is 6.37. The maximum Gasteiger partial charge on any atom is 0.124 e. The smallest absolute Gasteiger partial charge is 0.124 e. The number of hydrogen-bond acceptors (Lipinski definition) is 3. The van der Waals surface area contributed by atoms with Gasteiger partial charge in [-0.2, -0.15) is 0 Å². The number of hydrogen-bond donors (Lipinski definition) is 1. The minimum Gasteiger partial charge on any atom is -0.330 e. The van der Waals surface area contributed by atoms with Crippen LogP contribution in [0.25, 0.3) is 11.0 Å². The highest BCUT2D eigenvalue weighted by molar-refractivity contribution is 6.31. The van der Waals surface area contributed by atoms with Gasteiger partial charge in [-0.25, -0.2) is 4.98 Å². The standard InChI is InChI=1S/C14H21ClN4/c1-18(2)10-14-17-12-9-11(15)5-6-13(12)19(14)8-4-3-7-16/h5-6,9H,3-4,7-8,10,16H2,1-2H3. The molecule has 2 N–H and O–H groups in total. The lowest BCUT2D eigenvalue weighted by atomic mass is 10.3. The summed E-state index contributed by atoms with van der Waals surface area (Å²) < 4.78 is 2.28. The van der Waals surface area contributed by atoms with Crippen LogP contribution in [0.5, 0.6) is 0 Å². The molecule has 0 aliphatic carbocycles. The second-order valence-corrected chi connectivity index (χ2v) is 5.48. The molecule has 19 heavy (non-hydrogen) atoms. The van der Waals surface area contributed by atoms with Crippen LogP contribution in [0.15, 0.2) is 18.2 Å². The van der Waals surface area contributed by atoms with Gasteiger partial charge >= 0.3 is 0 Å². The summed E-state index contributed by atoms with van der Waals surface area (Å²) in [6.45, 7) is 2.52. The van der Waals surface area contributed by atoms with Crippen LogP contribution in [0.1, 0.15) is 18.7 Å². The Morgan fingerprint density at radius 2 is 2.11 bits per heavy atom. The topological polar surface area (TPSA) is 47.1 Å². The van der Waals surface area contributed by atoms with Gasteiger partial charge in [-0.3, -0.25) is 0 Å². The molecule has 5 heteroatoms.